The minimum absolute atomic E-state index is 0.104. The molecule has 0 radical (unpaired) electrons. The minimum atomic E-state index is -0.985. The molecule has 0 spiro atoms. The fourth-order valence-electron chi connectivity index (χ4n) is 3.88. The SMILES string of the molecule is C/C(=C\c1cn(CC(=O)NCCc2ccccc2)c2ccc(OCc3ccccc3)cc12)C(=O)O.CC. The van der Waals surface area contributed by atoms with Gasteiger partial charge in [-0.3, -0.25) is 4.79 Å². The van der Waals surface area contributed by atoms with Crippen LogP contribution in [0.25, 0.3) is 17.0 Å². The lowest BCUT2D eigenvalue weighted by atomic mass is 10.1. The molecule has 0 aliphatic rings. The maximum atomic E-state index is 12.6. The van der Waals surface area contributed by atoms with E-state index in [1.54, 1.807) is 13.0 Å². The van der Waals surface area contributed by atoms with Crippen LogP contribution in [-0.2, 0) is 29.2 Å². The highest BCUT2D eigenvalue weighted by molar-refractivity contribution is 5.97. The van der Waals surface area contributed by atoms with E-state index < -0.39 is 5.97 Å². The van der Waals surface area contributed by atoms with E-state index in [-0.39, 0.29) is 18.0 Å². The summed E-state index contributed by atoms with van der Waals surface area (Å²) in [4.78, 5) is 24.1. The van der Waals surface area contributed by atoms with Gasteiger partial charge in [-0.2, -0.15) is 0 Å². The lowest BCUT2D eigenvalue weighted by Crippen LogP contribution is -2.29. The molecule has 0 unspecified atom stereocenters. The van der Waals surface area contributed by atoms with Gasteiger partial charge in [0.2, 0.25) is 5.91 Å². The van der Waals surface area contributed by atoms with Gasteiger partial charge in [0.05, 0.1) is 0 Å². The Morgan fingerprint density at radius 1 is 0.946 bits per heavy atom. The molecule has 0 fully saturated rings. The Balaban J connectivity index is 0.00000186. The van der Waals surface area contributed by atoms with E-state index in [0.29, 0.717) is 18.9 Å². The van der Waals surface area contributed by atoms with Gasteiger partial charge in [0, 0.05) is 34.8 Å². The third-order valence-electron chi connectivity index (χ3n) is 5.73. The van der Waals surface area contributed by atoms with Crippen molar-refractivity contribution >= 4 is 28.9 Å². The van der Waals surface area contributed by atoms with Gasteiger partial charge >= 0.3 is 5.97 Å². The predicted octanol–water partition coefficient (Wildman–Crippen LogP) is 6.09. The molecule has 0 aliphatic carbocycles. The van der Waals surface area contributed by atoms with Crippen LogP contribution in [-0.4, -0.2) is 28.1 Å². The molecular formula is C31H34N2O4. The number of aliphatic carboxylic acids is 1. The number of nitrogens with zero attached hydrogens (tertiary/aromatic N) is 1. The van der Waals surface area contributed by atoms with Crippen molar-refractivity contribution in [3.63, 3.8) is 0 Å². The van der Waals surface area contributed by atoms with Crippen LogP contribution in [0.5, 0.6) is 5.75 Å². The Kier molecular flexibility index (Phi) is 10.1. The molecule has 2 N–H and O–H groups in total. The van der Waals surface area contributed by atoms with Gasteiger partial charge in [-0.25, -0.2) is 4.79 Å². The van der Waals surface area contributed by atoms with Crippen molar-refractivity contribution in [2.75, 3.05) is 6.54 Å². The molecule has 0 atom stereocenters. The monoisotopic (exact) mass is 498 g/mol. The highest BCUT2D eigenvalue weighted by Crippen LogP contribution is 2.28. The molecule has 1 amide bonds. The minimum Gasteiger partial charge on any atom is -0.489 e. The lowest BCUT2D eigenvalue weighted by Gasteiger charge is -2.09. The number of amides is 1. The van der Waals surface area contributed by atoms with Crippen LogP contribution in [0.15, 0.2) is 90.6 Å². The zero-order chi connectivity index (χ0) is 26.6. The molecular weight excluding hydrogens is 464 g/mol. The molecule has 4 rings (SSSR count). The van der Waals surface area contributed by atoms with Gasteiger partial charge < -0.3 is 19.7 Å². The smallest absolute Gasteiger partial charge is 0.331 e. The summed E-state index contributed by atoms with van der Waals surface area (Å²) in [6.07, 6.45) is 4.19. The number of carboxylic acids is 1. The third kappa shape index (κ3) is 7.84. The lowest BCUT2D eigenvalue weighted by molar-refractivity contribution is -0.132. The van der Waals surface area contributed by atoms with Crippen molar-refractivity contribution in [1.82, 2.24) is 9.88 Å². The third-order valence-corrected chi connectivity index (χ3v) is 5.73. The van der Waals surface area contributed by atoms with E-state index in [9.17, 15) is 14.7 Å². The Morgan fingerprint density at radius 2 is 1.59 bits per heavy atom. The molecule has 192 valence electrons. The summed E-state index contributed by atoms with van der Waals surface area (Å²) in [7, 11) is 0. The van der Waals surface area contributed by atoms with Gasteiger partial charge in [-0.1, -0.05) is 74.5 Å². The summed E-state index contributed by atoms with van der Waals surface area (Å²) >= 11 is 0. The van der Waals surface area contributed by atoms with E-state index in [2.05, 4.69) is 5.32 Å². The van der Waals surface area contributed by atoms with Crippen LogP contribution >= 0.6 is 0 Å². The first kappa shape index (κ1) is 27.3. The van der Waals surface area contributed by atoms with Crippen molar-refractivity contribution in [3.05, 3.63) is 107 Å². The average Bonchev–Trinajstić information content (AvgIpc) is 3.25. The van der Waals surface area contributed by atoms with E-state index in [4.69, 9.17) is 4.74 Å². The first-order valence-electron chi connectivity index (χ1n) is 12.5. The fourth-order valence-corrected chi connectivity index (χ4v) is 3.88. The van der Waals surface area contributed by atoms with Gasteiger partial charge in [0.15, 0.2) is 0 Å². The number of hydrogen-bond acceptors (Lipinski definition) is 3. The molecule has 1 heterocycles. The van der Waals surface area contributed by atoms with E-state index >= 15 is 0 Å². The van der Waals surface area contributed by atoms with Crippen LogP contribution in [0, 0.1) is 0 Å². The van der Waals surface area contributed by atoms with Crippen molar-refractivity contribution in [2.24, 2.45) is 0 Å². The maximum absolute atomic E-state index is 12.6. The Bertz CT molecular complexity index is 1340. The van der Waals surface area contributed by atoms with Crippen molar-refractivity contribution in [1.29, 1.82) is 0 Å². The van der Waals surface area contributed by atoms with E-state index in [1.165, 1.54) is 5.56 Å². The van der Waals surface area contributed by atoms with Crippen molar-refractivity contribution in [2.45, 2.75) is 40.3 Å². The average molecular weight is 499 g/mol. The summed E-state index contributed by atoms with van der Waals surface area (Å²) in [6, 6.07) is 25.5. The number of aromatic nitrogens is 1. The number of carbonyl (C=O) groups excluding carboxylic acids is 1. The van der Waals surface area contributed by atoms with Gasteiger partial charge in [0.25, 0.3) is 0 Å². The molecule has 0 aliphatic heterocycles. The van der Waals surface area contributed by atoms with Gasteiger partial charge in [-0.05, 0) is 48.7 Å². The predicted molar refractivity (Wildman–Crippen MR) is 149 cm³/mol. The number of hydrogen-bond donors (Lipinski definition) is 2. The number of nitrogens with one attached hydrogen (secondary N) is 1. The van der Waals surface area contributed by atoms with Gasteiger partial charge in [-0.15, -0.1) is 0 Å². The van der Waals surface area contributed by atoms with Crippen molar-refractivity contribution in [3.8, 4) is 5.75 Å². The second-order valence-electron chi connectivity index (χ2n) is 8.38. The van der Waals surface area contributed by atoms with E-state index in [1.807, 2.05) is 103 Å². The molecule has 0 bridgehead atoms. The normalized spacial score (nSPS) is 10.9. The summed E-state index contributed by atoms with van der Waals surface area (Å²) < 4.78 is 7.81. The zero-order valence-electron chi connectivity index (χ0n) is 21.6. The van der Waals surface area contributed by atoms with E-state index in [0.717, 1.165) is 28.5 Å². The standard InChI is InChI=1S/C29H28N2O4.C2H6/c1-21(29(33)34)16-24-18-31(19-28(32)30-15-14-22-8-4-2-5-9-22)27-13-12-25(17-26(24)27)35-20-23-10-6-3-7-11-23;1-2/h2-13,16-18H,14-15,19-20H2,1H3,(H,30,32)(H,33,34);1-2H3/b21-16+;. The largest absolute Gasteiger partial charge is 0.489 e. The number of carboxylic acid groups (broad SMARTS) is 1. The topological polar surface area (TPSA) is 80.6 Å². The summed E-state index contributed by atoms with van der Waals surface area (Å²) in [5.74, 6) is -0.414. The highest BCUT2D eigenvalue weighted by atomic mass is 16.5. The van der Waals surface area contributed by atoms with Crippen LogP contribution in [0.4, 0.5) is 0 Å². The van der Waals surface area contributed by atoms with Crippen LogP contribution in [0.3, 0.4) is 0 Å². The molecule has 37 heavy (non-hydrogen) atoms. The number of carbonyl (C=O) groups is 2. The molecule has 3 aromatic carbocycles. The molecule has 4 aromatic rings. The number of rotatable bonds is 10. The molecule has 0 saturated carbocycles. The molecule has 0 saturated heterocycles. The van der Waals surface area contributed by atoms with Crippen LogP contribution < -0.4 is 10.1 Å². The maximum Gasteiger partial charge on any atom is 0.331 e. The first-order chi connectivity index (χ1) is 18.0. The van der Waals surface area contributed by atoms with Crippen LogP contribution in [0.2, 0.25) is 0 Å². The summed E-state index contributed by atoms with van der Waals surface area (Å²) in [6.45, 7) is 6.66. The summed E-state index contributed by atoms with van der Waals surface area (Å²) in [5, 5.41) is 13.2. The number of benzene rings is 3. The summed E-state index contributed by atoms with van der Waals surface area (Å²) in [5.41, 5.74) is 3.99. The Labute approximate surface area is 218 Å². The quantitative estimate of drug-likeness (QED) is 0.259. The van der Waals surface area contributed by atoms with Crippen molar-refractivity contribution < 1.29 is 19.4 Å². The molecule has 1 aromatic heterocycles. The second-order valence-corrected chi connectivity index (χ2v) is 8.38. The fraction of sp³-hybridized carbons (Fsp3) is 0.226. The van der Waals surface area contributed by atoms with Crippen LogP contribution in [0.1, 0.15) is 37.5 Å². The number of ether oxygens (including phenoxy) is 1. The number of fused-ring (bicyclic) bond motifs is 1. The zero-order valence-corrected chi connectivity index (χ0v) is 21.6. The first-order valence-corrected chi connectivity index (χ1v) is 12.5. The van der Waals surface area contributed by atoms with Gasteiger partial charge in [0.1, 0.15) is 18.9 Å². The Hall–Kier alpha value is -4.32. The second kappa shape index (κ2) is 13.7. The highest BCUT2D eigenvalue weighted by Gasteiger charge is 2.13. The Morgan fingerprint density at radius 3 is 2.24 bits per heavy atom. The molecule has 6 heteroatoms. The molecule has 6 nitrogen and oxygen atoms in total.